The fraction of sp³-hybridized carbons (Fsp3) is 0.235. The molecule has 2 rings (SSSR count). The van der Waals surface area contributed by atoms with Gasteiger partial charge in [0.05, 0.1) is 0 Å². The quantitative estimate of drug-likeness (QED) is 0.890. The third-order valence-electron chi connectivity index (χ3n) is 3.14. The molecule has 0 spiro atoms. The Morgan fingerprint density at radius 2 is 1.86 bits per heavy atom. The maximum atomic E-state index is 11.9. The van der Waals surface area contributed by atoms with Crippen molar-refractivity contribution in [2.75, 3.05) is 11.9 Å². The number of carbonyl (C=O) groups is 1. The molecule has 0 aliphatic heterocycles. The van der Waals surface area contributed by atoms with Crippen LogP contribution in [0.3, 0.4) is 0 Å². The molecule has 2 aromatic rings. The molecule has 0 aliphatic rings. The summed E-state index contributed by atoms with van der Waals surface area (Å²) in [5.74, 6) is 0.578. The van der Waals surface area contributed by atoms with Crippen LogP contribution < -0.4 is 10.1 Å². The fourth-order valence-corrected chi connectivity index (χ4v) is 2.17. The summed E-state index contributed by atoms with van der Waals surface area (Å²) in [6.07, 6.45) is 0. The number of anilines is 1. The van der Waals surface area contributed by atoms with Crippen LogP contribution in [0.15, 0.2) is 40.9 Å². The first kappa shape index (κ1) is 15.6. The summed E-state index contributed by atoms with van der Waals surface area (Å²) in [6, 6.07) is 11.6. The van der Waals surface area contributed by atoms with Crippen molar-refractivity contribution in [2.24, 2.45) is 0 Å². The van der Waals surface area contributed by atoms with Crippen molar-refractivity contribution in [1.82, 2.24) is 0 Å². The number of aryl methyl sites for hydroxylation is 3. The van der Waals surface area contributed by atoms with E-state index in [1.165, 1.54) is 0 Å². The smallest absolute Gasteiger partial charge is 0.262 e. The molecule has 0 saturated heterocycles. The van der Waals surface area contributed by atoms with E-state index >= 15 is 0 Å². The largest absolute Gasteiger partial charge is 0.483 e. The molecular weight excluding hydrogens is 330 g/mol. The number of halogens is 1. The van der Waals surface area contributed by atoms with E-state index in [0.29, 0.717) is 0 Å². The lowest BCUT2D eigenvalue weighted by Gasteiger charge is -2.11. The van der Waals surface area contributed by atoms with Gasteiger partial charge < -0.3 is 10.1 Å². The number of nitrogens with one attached hydrogen (secondary N) is 1. The van der Waals surface area contributed by atoms with Crippen LogP contribution in [0.5, 0.6) is 5.75 Å². The Morgan fingerprint density at radius 1 is 1.10 bits per heavy atom. The molecule has 0 radical (unpaired) electrons. The minimum atomic E-state index is -0.169. The van der Waals surface area contributed by atoms with Gasteiger partial charge in [0.2, 0.25) is 0 Å². The number of benzene rings is 2. The van der Waals surface area contributed by atoms with E-state index in [1.54, 1.807) is 0 Å². The molecule has 0 unspecified atom stereocenters. The minimum Gasteiger partial charge on any atom is -0.483 e. The van der Waals surface area contributed by atoms with Crippen molar-refractivity contribution in [2.45, 2.75) is 20.8 Å². The second kappa shape index (κ2) is 6.76. The predicted molar refractivity (Wildman–Crippen MR) is 88.9 cm³/mol. The van der Waals surface area contributed by atoms with Gasteiger partial charge in [-0.15, -0.1) is 0 Å². The summed E-state index contributed by atoms with van der Waals surface area (Å²) in [7, 11) is 0. The molecule has 0 bridgehead atoms. The molecule has 4 heteroatoms. The zero-order valence-electron chi connectivity index (χ0n) is 12.4. The Balaban J connectivity index is 1.95. The SMILES string of the molecule is Cc1ccc(C)c(OCC(=O)Nc2ccc(Br)c(C)c2)c1. The highest BCUT2D eigenvalue weighted by Gasteiger charge is 2.06. The van der Waals surface area contributed by atoms with Crippen molar-refractivity contribution < 1.29 is 9.53 Å². The van der Waals surface area contributed by atoms with Gasteiger partial charge in [-0.3, -0.25) is 4.79 Å². The molecule has 1 N–H and O–H groups in total. The molecule has 0 aromatic heterocycles. The summed E-state index contributed by atoms with van der Waals surface area (Å²) in [5.41, 5.74) is 3.97. The normalized spacial score (nSPS) is 10.3. The van der Waals surface area contributed by atoms with E-state index in [2.05, 4.69) is 21.2 Å². The lowest BCUT2D eigenvalue weighted by molar-refractivity contribution is -0.118. The zero-order chi connectivity index (χ0) is 15.4. The molecule has 0 atom stereocenters. The Labute approximate surface area is 133 Å². The Kier molecular flexibility index (Phi) is 5.02. The first-order valence-corrected chi connectivity index (χ1v) is 7.51. The number of rotatable bonds is 4. The van der Waals surface area contributed by atoms with Crippen LogP contribution in [0, 0.1) is 20.8 Å². The van der Waals surface area contributed by atoms with Gasteiger partial charge in [0, 0.05) is 10.2 Å². The van der Waals surface area contributed by atoms with Gasteiger partial charge in [-0.05, 0) is 61.7 Å². The monoisotopic (exact) mass is 347 g/mol. The Bertz CT molecular complexity index is 668. The Hall–Kier alpha value is -1.81. The van der Waals surface area contributed by atoms with Gasteiger partial charge >= 0.3 is 0 Å². The maximum Gasteiger partial charge on any atom is 0.262 e. The van der Waals surface area contributed by atoms with Gasteiger partial charge in [-0.25, -0.2) is 0 Å². The van der Waals surface area contributed by atoms with Crippen molar-refractivity contribution in [3.05, 3.63) is 57.6 Å². The molecule has 2 aromatic carbocycles. The van der Waals surface area contributed by atoms with Crippen molar-refractivity contribution in [3.8, 4) is 5.75 Å². The third kappa shape index (κ3) is 4.33. The van der Waals surface area contributed by atoms with Crippen molar-refractivity contribution in [3.63, 3.8) is 0 Å². The highest BCUT2D eigenvalue weighted by Crippen LogP contribution is 2.21. The van der Waals surface area contributed by atoms with Gasteiger partial charge in [0.25, 0.3) is 5.91 Å². The van der Waals surface area contributed by atoms with Crippen LogP contribution in [0.4, 0.5) is 5.69 Å². The predicted octanol–water partition coefficient (Wildman–Crippen LogP) is 4.39. The molecule has 0 fully saturated rings. The number of hydrogen-bond donors (Lipinski definition) is 1. The zero-order valence-corrected chi connectivity index (χ0v) is 14.0. The molecule has 3 nitrogen and oxygen atoms in total. The lowest BCUT2D eigenvalue weighted by Crippen LogP contribution is -2.20. The highest BCUT2D eigenvalue weighted by atomic mass is 79.9. The third-order valence-corrected chi connectivity index (χ3v) is 4.03. The second-order valence-corrected chi connectivity index (χ2v) is 5.92. The molecule has 110 valence electrons. The van der Waals surface area contributed by atoms with Gasteiger partial charge in [-0.1, -0.05) is 28.1 Å². The average Bonchev–Trinajstić information content (AvgIpc) is 2.44. The van der Waals surface area contributed by atoms with Crippen LogP contribution in [0.2, 0.25) is 0 Å². The van der Waals surface area contributed by atoms with E-state index in [4.69, 9.17) is 4.74 Å². The van der Waals surface area contributed by atoms with Gasteiger partial charge in [-0.2, -0.15) is 0 Å². The number of amides is 1. The van der Waals surface area contributed by atoms with Crippen LogP contribution in [-0.4, -0.2) is 12.5 Å². The standard InChI is InChI=1S/C17H18BrNO2/c1-11-4-5-12(2)16(8-11)21-10-17(20)19-14-6-7-15(18)13(3)9-14/h4-9H,10H2,1-3H3,(H,19,20). The number of carbonyl (C=O) groups excluding carboxylic acids is 1. The van der Waals surface area contributed by atoms with E-state index in [0.717, 1.165) is 32.6 Å². The molecule has 0 saturated carbocycles. The first-order valence-electron chi connectivity index (χ1n) is 6.72. The first-order chi connectivity index (χ1) is 9.95. The molecule has 0 heterocycles. The van der Waals surface area contributed by atoms with Crippen molar-refractivity contribution in [1.29, 1.82) is 0 Å². The summed E-state index contributed by atoms with van der Waals surface area (Å²) in [6.45, 7) is 5.94. The van der Waals surface area contributed by atoms with Crippen molar-refractivity contribution >= 4 is 27.5 Å². The van der Waals surface area contributed by atoms with Crippen LogP contribution in [0.25, 0.3) is 0 Å². The summed E-state index contributed by atoms with van der Waals surface area (Å²) < 4.78 is 6.60. The minimum absolute atomic E-state index is 0.000590. The number of ether oxygens (including phenoxy) is 1. The van der Waals surface area contributed by atoms with E-state index in [1.807, 2.05) is 57.2 Å². The average molecular weight is 348 g/mol. The summed E-state index contributed by atoms with van der Waals surface area (Å²) in [4.78, 5) is 11.9. The molecular formula is C17H18BrNO2. The summed E-state index contributed by atoms with van der Waals surface area (Å²) in [5, 5.41) is 2.83. The van der Waals surface area contributed by atoms with E-state index < -0.39 is 0 Å². The summed E-state index contributed by atoms with van der Waals surface area (Å²) >= 11 is 3.43. The maximum absolute atomic E-state index is 11.9. The van der Waals surface area contributed by atoms with E-state index in [-0.39, 0.29) is 12.5 Å². The van der Waals surface area contributed by atoms with E-state index in [9.17, 15) is 4.79 Å². The molecule has 0 aliphatic carbocycles. The molecule has 1 amide bonds. The van der Waals surface area contributed by atoms with Crippen LogP contribution >= 0.6 is 15.9 Å². The lowest BCUT2D eigenvalue weighted by atomic mass is 10.1. The second-order valence-electron chi connectivity index (χ2n) is 5.07. The van der Waals surface area contributed by atoms with Gasteiger partial charge in [0.1, 0.15) is 5.75 Å². The fourth-order valence-electron chi connectivity index (χ4n) is 1.93. The topological polar surface area (TPSA) is 38.3 Å². The van der Waals surface area contributed by atoms with Crippen LogP contribution in [0.1, 0.15) is 16.7 Å². The van der Waals surface area contributed by atoms with Gasteiger partial charge in [0.15, 0.2) is 6.61 Å². The van der Waals surface area contributed by atoms with Crippen LogP contribution in [-0.2, 0) is 4.79 Å². The molecule has 21 heavy (non-hydrogen) atoms. The number of hydrogen-bond acceptors (Lipinski definition) is 2. The highest BCUT2D eigenvalue weighted by molar-refractivity contribution is 9.10. The Morgan fingerprint density at radius 3 is 2.57 bits per heavy atom.